The number of hydrogen-bond donors (Lipinski definition) is 3. The Balaban J connectivity index is 1.75. The minimum atomic E-state index is -0.832. The second-order valence-electron chi connectivity index (χ2n) is 5.32. The molecular weight excluding hydrogens is 310 g/mol. The van der Waals surface area contributed by atoms with Crippen LogP contribution in [0.3, 0.4) is 0 Å². The lowest BCUT2D eigenvalue weighted by atomic mass is 10.1. The number of ether oxygens (including phenoxy) is 1. The van der Waals surface area contributed by atoms with E-state index in [1.54, 1.807) is 7.11 Å². The van der Waals surface area contributed by atoms with E-state index in [4.69, 9.17) is 10.5 Å². The van der Waals surface area contributed by atoms with E-state index in [1.807, 2.05) is 24.3 Å². The molecule has 0 unspecified atom stereocenters. The van der Waals surface area contributed by atoms with Crippen molar-refractivity contribution >= 4 is 17.1 Å². The number of methoxy groups -OCH3 is 1. The van der Waals surface area contributed by atoms with Gasteiger partial charge in [0, 0.05) is 0 Å². The zero-order valence-corrected chi connectivity index (χ0v) is 13.1. The third kappa shape index (κ3) is 3.33. The molecule has 24 heavy (non-hydrogen) atoms. The summed E-state index contributed by atoms with van der Waals surface area (Å²) in [5.41, 5.74) is 6.59. The minimum Gasteiger partial charge on any atom is -0.497 e. The Labute approximate surface area is 137 Å². The van der Waals surface area contributed by atoms with E-state index in [9.17, 15) is 9.90 Å². The molecular formula is C16H17N5O3. The van der Waals surface area contributed by atoms with Gasteiger partial charge in [-0.1, -0.05) is 12.1 Å². The molecule has 2 heterocycles. The number of anilines is 1. The smallest absolute Gasteiger partial charge is 0.280 e. The lowest BCUT2D eigenvalue weighted by molar-refractivity contribution is 0.163. The first-order valence-electron chi connectivity index (χ1n) is 7.40. The molecule has 0 saturated carbocycles. The molecule has 0 saturated heterocycles. The van der Waals surface area contributed by atoms with Gasteiger partial charge < -0.3 is 15.6 Å². The lowest BCUT2D eigenvalue weighted by Crippen LogP contribution is -2.15. The summed E-state index contributed by atoms with van der Waals surface area (Å²) in [6.45, 7) is 0. The zero-order valence-electron chi connectivity index (χ0n) is 13.1. The molecule has 0 aliphatic rings. The quantitative estimate of drug-likeness (QED) is 0.637. The largest absolute Gasteiger partial charge is 0.497 e. The number of H-pyrrole nitrogens is 1. The first kappa shape index (κ1) is 15.9. The molecule has 0 aliphatic carbocycles. The molecule has 3 rings (SSSR count). The maximum Gasteiger partial charge on any atom is 0.280 e. The number of rotatable bonds is 5. The van der Waals surface area contributed by atoms with E-state index in [0.29, 0.717) is 18.5 Å². The molecule has 124 valence electrons. The van der Waals surface area contributed by atoms with Gasteiger partial charge in [-0.15, -0.1) is 0 Å². The number of hydrogen-bond acceptors (Lipinski definition) is 7. The van der Waals surface area contributed by atoms with Gasteiger partial charge in [0.1, 0.15) is 5.75 Å². The van der Waals surface area contributed by atoms with Crippen molar-refractivity contribution in [3.05, 3.63) is 52.1 Å². The number of fused-ring (bicyclic) bond motifs is 1. The first-order chi connectivity index (χ1) is 11.6. The maximum atomic E-state index is 11.8. The first-order valence-corrected chi connectivity index (χ1v) is 7.40. The SMILES string of the molecule is COc1ccc(CC[C@@H](O)c2cnc3nc(N)[nH]c(=O)c3n2)cc1. The van der Waals surface area contributed by atoms with Crippen molar-refractivity contribution in [1.82, 2.24) is 19.9 Å². The van der Waals surface area contributed by atoms with E-state index < -0.39 is 11.7 Å². The maximum absolute atomic E-state index is 11.8. The molecule has 0 spiro atoms. The molecule has 0 amide bonds. The summed E-state index contributed by atoms with van der Waals surface area (Å²) in [5.74, 6) is 0.764. The lowest BCUT2D eigenvalue weighted by Gasteiger charge is -2.10. The molecule has 0 radical (unpaired) electrons. The van der Waals surface area contributed by atoms with Crippen molar-refractivity contribution in [1.29, 1.82) is 0 Å². The second kappa shape index (κ2) is 6.63. The minimum absolute atomic E-state index is 0.0189. The van der Waals surface area contributed by atoms with Crippen molar-refractivity contribution < 1.29 is 9.84 Å². The summed E-state index contributed by atoms with van der Waals surface area (Å²) in [6, 6.07) is 7.62. The van der Waals surface area contributed by atoms with E-state index >= 15 is 0 Å². The predicted octanol–water partition coefficient (Wildman–Crippen LogP) is 0.970. The standard InChI is InChI=1S/C16H17N5O3/c1-24-10-5-2-9(3-6-10)4-7-12(22)11-8-18-14-13(19-11)15(23)21-16(17)20-14/h2-3,5-6,8,12,22H,4,7H2,1H3,(H3,17,18,20,21,23)/t12-/m1/s1. The van der Waals surface area contributed by atoms with Crippen LogP contribution < -0.4 is 16.0 Å². The Morgan fingerprint density at radius 3 is 2.75 bits per heavy atom. The van der Waals surface area contributed by atoms with Crippen molar-refractivity contribution in [2.75, 3.05) is 12.8 Å². The predicted molar refractivity (Wildman–Crippen MR) is 88.6 cm³/mol. The Kier molecular flexibility index (Phi) is 4.39. The van der Waals surface area contributed by atoms with Crippen LogP contribution in [0.2, 0.25) is 0 Å². The number of nitrogen functional groups attached to an aromatic ring is 1. The number of aliphatic hydroxyl groups is 1. The number of nitrogens with one attached hydrogen (secondary N) is 1. The van der Waals surface area contributed by atoms with Crippen LogP contribution in [0, 0.1) is 0 Å². The Morgan fingerprint density at radius 1 is 1.29 bits per heavy atom. The van der Waals surface area contributed by atoms with Gasteiger partial charge in [0.2, 0.25) is 5.95 Å². The van der Waals surface area contributed by atoms with Gasteiger partial charge >= 0.3 is 0 Å². The van der Waals surface area contributed by atoms with Crippen molar-refractivity contribution in [2.45, 2.75) is 18.9 Å². The summed E-state index contributed by atoms with van der Waals surface area (Å²) in [7, 11) is 1.61. The van der Waals surface area contributed by atoms with Crippen LogP contribution in [0.15, 0.2) is 35.3 Å². The van der Waals surface area contributed by atoms with Crippen LogP contribution in [0.4, 0.5) is 5.95 Å². The molecule has 0 aliphatic heterocycles. The highest BCUT2D eigenvalue weighted by atomic mass is 16.5. The fraction of sp³-hybridized carbons (Fsp3) is 0.250. The number of aryl methyl sites for hydroxylation is 1. The molecule has 8 heteroatoms. The summed E-state index contributed by atoms with van der Waals surface area (Å²) in [5, 5.41) is 10.3. The number of aromatic nitrogens is 4. The van der Waals surface area contributed by atoms with Gasteiger partial charge in [0.15, 0.2) is 11.2 Å². The normalized spacial score (nSPS) is 12.2. The molecule has 0 bridgehead atoms. The second-order valence-corrected chi connectivity index (χ2v) is 5.32. The Bertz CT molecular complexity index is 908. The van der Waals surface area contributed by atoms with Crippen molar-refractivity contribution in [3.63, 3.8) is 0 Å². The highest BCUT2D eigenvalue weighted by Crippen LogP contribution is 2.19. The fourth-order valence-electron chi connectivity index (χ4n) is 2.35. The number of aliphatic hydroxyl groups excluding tert-OH is 1. The fourth-order valence-corrected chi connectivity index (χ4v) is 2.35. The van der Waals surface area contributed by atoms with Crippen LogP contribution in [-0.2, 0) is 6.42 Å². The highest BCUT2D eigenvalue weighted by molar-refractivity contribution is 5.69. The van der Waals surface area contributed by atoms with Crippen LogP contribution in [-0.4, -0.2) is 32.2 Å². The van der Waals surface area contributed by atoms with Gasteiger partial charge in [0.05, 0.1) is 25.1 Å². The number of nitrogens with zero attached hydrogens (tertiary/aromatic N) is 3. The van der Waals surface area contributed by atoms with E-state index in [-0.39, 0.29) is 17.1 Å². The van der Waals surface area contributed by atoms with Crippen LogP contribution in [0.5, 0.6) is 5.75 Å². The van der Waals surface area contributed by atoms with Gasteiger partial charge in [-0.05, 0) is 30.5 Å². The van der Waals surface area contributed by atoms with Crippen LogP contribution in [0.1, 0.15) is 23.8 Å². The van der Waals surface area contributed by atoms with Gasteiger partial charge in [0.25, 0.3) is 5.56 Å². The van der Waals surface area contributed by atoms with E-state index in [2.05, 4.69) is 19.9 Å². The van der Waals surface area contributed by atoms with Gasteiger partial charge in [-0.3, -0.25) is 9.78 Å². The summed E-state index contributed by atoms with van der Waals surface area (Å²) >= 11 is 0. The molecule has 2 aromatic heterocycles. The Hall–Kier alpha value is -3.00. The molecule has 0 fully saturated rings. The molecule has 8 nitrogen and oxygen atoms in total. The van der Waals surface area contributed by atoms with Crippen LogP contribution in [0.25, 0.3) is 11.2 Å². The van der Waals surface area contributed by atoms with E-state index in [1.165, 1.54) is 6.20 Å². The third-order valence-corrected chi connectivity index (χ3v) is 3.66. The summed E-state index contributed by atoms with van der Waals surface area (Å²) in [6.07, 6.45) is 1.68. The average molecular weight is 327 g/mol. The molecule has 1 aromatic carbocycles. The monoisotopic (exact) mass is 327 g/mol. The highest BCUT2D eigenvalue weighted by Gasteiger charge is 2.13. The van der Waals surface area contributed by atoms with Crippen LogP contribution >= 0.6 is 0 Å². The zero-order chi connectivity index (χ0) is 17.1. The number of benzene rings is 1. The topological polar surface area (TPSA) is 127 Å². The third-order valence-electron chi connectivity index (χ3n) is 3.66. The average Bonchev–Trinajstić information content (AvgIpc) is 2.59. The van der Waals surface area contributed by atoms with Gasteiger partial charge in [-0.25, -0.2) is 9.97 Å². The summed E-state index contributed by atoms with van der Waals surface area (Å²) in [4.78, 5) is 26.3. The summed E-state index contributed by atoms with van der Waals surface area (Å²) < 4.78 is 5.11. The molecule has 1 atom stereocenters. The van der Waals surface area contributed by atoms with Crippen molar-refractivity contribution in [3.8, 4) is 5.75 Å². The van der Waals surface area contributed by atoms with E-state index in [0.717, 1.165) is 11.3 Å². The molecule has 4 N–H and O–H groups in total. The number of aromatic amines is 1. The molecule has 3 aromatic rings. The van der Waals surface area contributed by atoms with Crippen molar-refractivity contribution in [2.24, 2.45) is 0 Å². The number of nitrogens with two attached hydrogens (primary N) is 1. The Morgan fingerprint density at radius 2 is 2.04 bits per heavy atom. The van der Waals surface area contributed by atoms with Gasteiger partial charge in [-0.2, -0.15) is 4.98 Å².